The van der Waals surface area contributed by atoms with Gasteiger partial charge in [0.25, 0.3) is 5.91 Å². The largest absolute Gasteiger partial charge is 0.492 e. The molecule has 2 fully saturated rings. The third kappa shape index (κ3) is 9.82. The first-order valence-electron chi connectivity index (χ1n) is 15.2. The molecule has 258 valence electrons. The number of carboxylic acids is 1. The molecular formula is C34H31ClF3N3O6S2. The number of halogens is 4. The standard InChI is InChI=1S/C34H31ClF3N3O6S2/c35-27-20-23(5-6-26(27)34(36,37)38)25-17-22(4-7-28(25)47-15-12-40-10-13-46-14-11-40)18-29-32(45)41(33(48)49-29)9-8-30(42)39-24-3-1-2-21(16-24)19-31(43)44/h1-7,16-18,20H,8-15,19H2,(H,39,42)(H,43,44). The summed E-state index contributed by atoms with van der Waals surface area (Å²) in [6.45, 7) is 3.80. The third-order valence-corrected chi connectivity index (χ3v) is 9.35. The maximum Gasteiger partial charge on any atom is 0.417 e. The Kier molecular flexibility index (Phi) is 12.0. The average Bonchev–Trinajstić information content (AvgIpc) is 3.31. The first-order valence-corrected chi connectivity index (χ1v) is 16.8. The van der Waals surface area contributed by atoms with Crippen LogP contribution in [0.5, 0.6) is 5.75 Å². The maximum atomic E-state index is 13.4. The molecule has 2 aliphatic rings. The van der Waals surface area contributed by atoms with Crippen LogP contribution in [0.25, 0.3) is 17.2 Å². The minimum Gasteiger partial charge on any atom is -0.492 e. The molecule has 2 N–H and O–H groups in total. The number of hydrogen-bond acceptors (Lipinski definition) is 8. The molecule has 2 heterocycles. The van der Waals surface area contributed by atoms with Gasteiger partial charge in [0.05, 0.1) is 35.1 Å². The summed E-state index contributed by atoms with van der Waals surface area (Å²) < 4.78 is 52.0. The number of carboxylic acid groups (broad SMARTS) is 1. The first-order chi connectivity index (χ1) is 23.4. The van der Waals surface area contributed by atoms with Crippen molar-refractivity contribution in [1.82, 2.24) is 9.80 Å². The van der Waals surface area contributed by atoms with Crippen molar-refractivity contribution in [3.05, 3.63) is 87.3 Å². The molecule has 5 rings (SSSR count). The van der Waals surface area contributed by atoms with Crippen molar-refractivity contribution in [2.75, 3.05) is 51.3 Å². The molecule has 3 aromatic rings. The molecule has 2 aliphatic heterocycles. The van der Waals surface area contributed by atoms with Gasteiger partial charge < -0.3 is 19.9 Å². The molecule has 0 radical (unpaired) electrons. The van der Waals surface area contributed by atoms with E-state index < -0.39 is 28.6 Å². The predicted octanol–water partition coefficient (Wildman–Crippen LogP) is 6.59. The van der Waals surface area contributed by atoms with Crippen LogP contribution >= 0.6 is 35.6 Å². The predicted molar refractivity (Wildman–Crippen MR) is 186 cm³/mol. The van der Waals surface area contributed by atoms with E-state index in [4.69, 9.17) is 38.4 Å². The number of aliphatic carboxylic acids is 1. The second kappa shape index (κ2) is 16.2. The molecule has 0 aliphatic carbocycles. The number of nitrogens with one attached hydrogen (secondary N) is 1. The molecule has 2 saturated heterocycles. The molecule has 0 spiro atoms. The number of thiocarbonyl (C=S) groups is 1. The highest BCUT2D eigenvalue weighted by Gasteiger charge is 2.34. The number of carbonyl (C=O) groups is 3. The number of carbonyl (C=O) groups excluding carboxylic acids is 2. The molecule has 0 atom stereocenters. The Morgan fingerprint density at radius 3 is 2.57 bits per heavy atom. The van der Waals surface area contributed by atoms with Gasteiger partial charge in [0.1, 0.15) is 16.7 Å². The van der Waals surface area contributed by atoms with E-state index in [1.807, 2.05) is 0 Å². The molecule has 0 unspecified atom stereocenters. The molecular weight excluding hydrogens is 703 g/mol. The van der Waals surface area contributed by atoms with E-state index in [1.54, 1.807) is 48.5 Å². The van der Waals surface area contributed by atoms with Crippen LogP contribution in [0.3, 0.4) is 0 Å². The van der Waals surface area contributed by atoms with Gasteiger partial charge >= 0.3 is 12.1 Å². The number of alkyl halides is 3. The topological polar surface area (TPSA) is 108 Å². The number of morpholine rings is 1. The van der Waals surface area contributed by atoms with Crippen molar-refractivity contribution in [2.24, 2.45) is 0 Å². The molecule has 0 saturated carbocycles. The summed E-state index contributed by atoms with van der Waals surface area (Å²) in [6.07, 6.45) is -3.23. The highest BCUT2D eigenvalue weighted by atomic mass is 35.5. The van der Waals surface area contributed by atoms with E-state index >= 15 is 0 Å². The molecule has 0 bridgehead atoms. The lowest BCUT2D eigenvalue weighted by molar-refractivity contribution is -0.138. The monoisotopic (exact) mass is 733 g/mol. The van der Waals surface area contributed by atoms with Gasteiger partial charge in [-0.05, 0) is 59.2 Å². The van der Waals surface area contributed by atoms with Crippen LogP contribution in [0.4, 0.5) is 18.9 Å². The Balaban J connectivity index is 1.30. The average molecular weight is 734 g/mol. The zero-order valence-corrected chi connectivity index (χ0v) is 28.3. The highest BCUT2D eigenvalue weighted by molar-refractivity contribution is 8.26. The van der Waals surface area contributed by atoms with Crippen molar-refractivity contribution in [2.45, 2.75) is 19.0 Å². The molecule has 9 nitrogen and oxygen atoms in total. The highest BCUT2D eigenvalue weighted by Crippen LogP contribution is 2.40. The second-order valence-corrected chi connectivity index (χ2v) is 13.2. The fourth-order valence-electron chi connectivity index (χ4n) is 5.23. The van der Waals surface area contributed by atoms with Crippen molar-refractivity contribution in [3.63, 3.8) is 0 Å². The summed E-state index contributed by atoms with van der Waals surface area (Å²) in [5.74, 6) is -1.33. The zero-order valence-electron chi connectivity index (χ0n) is 25.9. The Morgan fingerprint density at radius 1 is 1.08 bits per heavy atom. The van der Waals surface area contributed by atoms with Crippen LogP contribution in [0.1, 0.15) is 23.1 Å². The lowest BCUT2D eigenvalue weighted by Crippen LogP contribution is -2.38. The van der Waals surface area contributed by atoms with Crippen molar-refractivity contribution >= 4 is 69.4 Å². The number of nitrogens with zero attached hydrogens (tertiary/aromatic N) is 2. The normalized spacial score (nSPS) is 16.3. The van der Waals surface area contributed by atoms with Gasteiger partial charge in [-0.1, -0.05) is 59.8 Å². The summed E-state index contributed by atoms with van der Waals surface area (Å²) >= 11 is 12.6. The maximum absolute atomic E-state index is 13.4. The number of ether oxygens (including phenoxy) is 2. The lowest BCUT2D eigenvalue weighted by Gasteiger charge is -2.26. The fraction of sp³-hybridized carbons (Fsp3) is 0.294. The lowest BCUT2D eigenvalue weighted by atomic mass is 10.00. The fourth-order valence-corrected chi connectivity index (χ4v) is 6.82. The summed E-state index contributed by atoms with van der Waals surface area (Å²) in [5, 5.41) is 11.3. The van der Waals surface area contributed by atoms with E-state index in [0.29, 0.717) is 65.0 Å². The number of anilines is 1. The number of thioether (sulfide) groups is 1. The Bertz CT molecular complexity index is 1780. The van der Waals surface area contributed by atoms with Gasteiger partial charge in [-0.25, -0.2) is 0 Å². The number of benzene rings is 3. The molecule has 2 amide bonds. The van der Waals surface area contributed by atoms with E-state index in [2.05, 4.69) is 10.2 Å². The number of amides is 2. The van der Waals surface area contributed by atoms with Crippen LogP contribution in [0.15, 0.2) is 65.6 Å². The van der Waals surface area contributed by atoms with Crippen LogP contribution in [0.2, 0.25) is 5.02 Å². The summed E-state index contributed by atoms with van der Waals surface area (Å²) in [6, 6.07) is 15.1. The second-order valence-electron chi connectivity index (χ2n) is 11.2. The van der Waals surface area contributed by atoms with Gasteiger partial charge in [-0.3, -0.25) is 24.2 Å². The van der Waals surface area contributed by atoms with Crippen molar-refractivity contribution < 1.29 is 42.1 Å². The van der Waals surface area contributed by atoms with Gasteiger partial charge in [-0.2, -0.15) is 13.2 Å². The van der Waals surface area contributed by atoms with Gasteiger partial charge in [0, 0.05) is 43.9 Å². The van der Waals surface area contributed by atoms with Crippen molar-refractivity contribution in [1.29, 1.82) is 0 Å². The van der Waals surface area contributed by atoms with Gasteiger partial charge in [0.2, 0.25) is 5.91 Å². The summed E-state index contributed by atoms with van der Waals surface area (Å²) in [5.41, 5.74) is 1.49. The quantitative estimate of drug-likeness (QED) is 0.157. The molecule has 0 aromatic heterocycles. The smallest absolute Gasteiger partial charge is 0.417 e. The third-order valence-electron chi connectivity index (χ3n) is 7.66. The molecule has 49 heavy (non-hydrogen) atoms. The van der Waals surface area contributed by atoms with Crippen LogP contribution in [0, 0.1) is 0 Å². The minimum absolute atomic E-state index is 0.0217. The number of rotatable bonds is 12. The van der Waals surface area contributed by atoms with Crippen LogP contribution in [-0.4, -0.2) is 83.0 Å². The molecule has 15 heteroatoms. The number of hydrogen-bond donors (Lipinski definition) is 2. The Morgan fingerprint density at radius 2 is 1.86 bits per heavy atom. The SMILES string of the molecule is O=C(O)Cc1cccc(NC(=O)CCN2C(=O)C(=Cc3ccc(OCCN4CCOCC4)c(-c4ccc(C(F)(F)F)c(Cl)c4)c3)SC2=S)c1. The minimum atomic E-state index is -4.61. The van der Waals surface area contributed by atoms with Crippen LogP contribution < -0.4 is 10.1 Å². The van der Waals surface area contributed by atoms with Crippen LogP contribution in [-0.2, 0) is 31.7 Å². The summed E-state index contributed by atoms with van der Waals surface area (Å²) in [7, 11) is 0. The van der Waals surface area contributed by atoms with E-state index in [-0.39, 0.29) is 29.6 Å². The first kappa shape index (κ1) is 36.3. The molecule has 3 aromatic carbocycles. The van der Waals surface area contributed by atoms with E-state index in [1.165, 1.54) is 17.0 Å². The Labute approximate surface area is 295 Å². The van der Waals surface area contributed by atoms with E-state index in [0.717, 1.165) is 30.9 Å². The van der Waals surface area contributed by atoms with Gasteiger partial charge in [0.15, 0.2) is 0 Å². The van der Waals surface area contributed by atoms with E-state index in [9.17, 15) is 27.6 Å². The zero-order chi connectivity index (χ0) is 35.1. The van der Waals surface area contributed by atoms with Crippen molar-refractivity contribution in [3.8, 4) is 16.9 Å². The summed E-state index contributed by atoms with van der Waals surface area (Å²) in [4.78, 5) is 40.8. The van der Waals surface area contributed by atoms with Gasteiger partial charge in [-0.15, -0.1) is 0 Å². The Hall–Kier alpha value is -3.95.